The predicted octanol–water partition coefficient (Wildman–Crippen LogP) is 1.54. The Morgan fingerprint density at radius 3 is 2.64 bits per heavy atom. The lowest BCUT2D eigenvalue weighted by Crippen LogP contribution is -2.17. The van der Waals surface area contributed by atoms with Crippen molar-refractivity contribution in [3.63, 3.8) is 0 Å². The van der Waals surface area contributed by atoms with E-state index < -0.39 is 24.2 Å². The number of rotatable bonds is 3. The van der Waals surface area contributed by atoms with Crippen LogP contribution < -0.4 is 5.56 Å². The minimum Gasteiger partial charge on any atom is -0.390 e. The third-order valence-electron chi connectivity index (χ3n) is 1.75. The smallest absolute Gasteiger partial charge is 0.269 e. The van der Waals surface area contributed by atoms with Crippen molar-refractivity contribution in [1.29, 1.82) is 0 Å². The van der Waals surface area contributed by atoms with E-state index in [4.69, 9.17) is 16.7 Å². The number of pyridine rings is 1. The van der Waals surface area contributed by atoms with Crippen LogP contribution in [0.2, 0.25) is 0 Å². The molecule has 0 radical (unpaired) electrons. The molecule has 0 fully saturated rings. The summed E-state index contributed by atoms with van der Waals surface area (Å²) in [6.45, 7) is -0.414. The number of nitrogens with one attached hydrogen (secondary N) is 1. The van der Waals surface area contributed by atoms with E-state index in [0.717, 1.165) is 0 Å². The highest BCUT2D eigenvalue weighted by Gasteiger charge is 2.17. The number of halogens is 3. The van der Waals surface area contributed by atoms with E-state index in [-0.39, 0.29) is 17.1 Å². The van der Waals surface area contributed by atoms with Crippen LogP contribution in [0.1, 0.15) is 23.2 Å². The van der Waals surface area contributed by atoms with Gasteiger partial charge in [-0.3, -0.25) is 4.79 Å². The van der Waals surface area contributed by atoms with Gasteiger partial charge in [-0.1, -0.05) is 0 Å². The Balaban J connectivity index is 3.35. The van der Waals surface area contributed by atoms with E-state index in [1.54, 1.807) is 0 Å². The van der Waals surface area contributed by atoms with Gasteiger partial charge in [-0.15, -0.1) is 11.6 Å². The fourth-order valence-corrected chi connectivity index (χ4v) is 1.34. The summed E-state index contributed by atoms with van der Waals surface area (Å²) in [6.07, 6.45) is -2.86. The number of alkyl halides is 3. The third-order valence-corrected chi connectivity index (χ3v) is 2.03. The molecule has 0 bridgehead atoms. The van der Waals surface area contributed by atoms with Crippen LogP contribution >= 0.6 is 11.6 Å². The third kappa shape index (κ3) is 2.10. The van der Waals surface area contributed by atoms with E-state index in [1.807, 2.05) is 0 Å². The quantitative estimate of drug-likeness (QED) is 0.764. The molecule has 1 aromatic heterocycles. The molecule has 0 spiro atoms. The zero-order valence-electron chi connectivity index (χ0n) is 7.06. The van der Waals surface area contributed by atoms with Gasteiger partial charge in [0.15, 0.2) is 0 Å². The van der Waals surface area contributed by atoms with Gasteiger partial charge in [-0.2, -0.15) is 0 Å². The van der Waals surface area contributed by atoms with Gasteiger partial charge in [-0.25, -0.2) is 8.78 Å². The lowest BCUT2D eigenvalue weighted by molar-refractivity contribution is 0.148. The monoisotopic (exact) mass is 223 g/mol. The number of hydrogen-bond acceptors (Lipinski definition) is 2. The molecule has 0 aliphatic carbocycles. The van der Waals surface area contributed by atoms with Gasteiger partial charge >= 0.3 is 0 Å². The van der Waals surface area contributed by atoms with Crippen molar-refractivity contribution < 1.29 is 13.9 Å². The molecule has 78 valence electrons. The summed E-state index contributed by atoms with van der Waals surface area (Å²) in [7, 11) is 0. The van der Waals surface area contributed by atoms with Gasteiger partial charge in [0, 0.05) is 11.6 Å². The molecule has 14 heavy (non-hydrogen) atoms. The Bertz CT molecular complexity index is 378. The number of hydrogen-bond donors (Lipinski definition) is 2. The molecule has 0 aromatic carbocycles. The van der Waals surface area contributed by atoms with Crippen LogP contribution in [0.25, 0.3) is 0 Å². The zero-order valence-corrected chi connectivity index (χ0v) is 7.81. The van der Waals surface area contributed by atoms with Crippen molar-refractivity contribution in [2.75, 3.05) is 0 Å². The van der Waals surface area contributed by atoms with E-state index in [2.05, 4.69) is 4.98 Å². The zero-order chi connectivity index (χ0) is 10.7. The average Bonchev–Trinajstić information content (AvgIpc) is 2.15. The maximum absolute atomic E-state index is 12.4. The number of aliphatic hydroxyl groups excluding tert-OH is 1. The molecule has 0 saturated carbocycles. The fraction of sp³-hybridized carbons (Fsp3) is 0.375. The van der Waals surface area contributed by atoms with Crippen molar-refractivity contribution in [3.8, 4) is 0 Å². The number of aromatic nitrogens is 1. The highest BCUT2D eigenvalue weighted by atomic mass is 35.5. The summed E-state index contributed by atoms with van der Waals surface area (Å²) in [5.74, 6) is -0.184. The molecule has 0 amide bonds. The molecule has 0 atom stereocenters. The van der Waals surface area contributed by atoms with Crippen LogP contribution in [0, 0.1) is 0 Å². The molecule has 0 aliphatic heterocycles. The van der Waals surface area contributed by atoms with Crippen molar-refractivity contribution in [2.24, 2.45) is 0 Å². The Labute approximate surface area is 83.3 Å². The van der Waals surface area contributed by atoms with Gasteiger partial charge in [-0.05, 0) is 11.6 Å². The van der Waals surface area contributed by atoms with Gasteiger partial charge in [0.05, 0.1) is 12.2 Å². The summed E-state index contributed by atoms with van der Waals surface area (Å²) in [5, 5.41) is 8.71. The van der Waals surface area contributed by atoms with Crippen molar-refractivity contribution in [1.82, 2.24) is 4.98 Å². The van der Waals surface area contributed by atoms with Gasteiger partial charge in [0.1, 0.15) is 0 Å². The molecule has 0 aliphatic rings. The van der Waals surface area contributed by atoms with Gasteiger partial charge in [0.25, 0.3) is 12.0 Å². The summed E-state index contributed by atoms with van der Waals surface area (Å²) in [4.78, 5) is 13.3. The molecule has 1 rings (SSSR count). The normalized spacial score (nSPS) is 10.9. The molecule has 6 heteroatoms. The standard InChI is InChI=1S/C8H8ClF2NO2/c9-2-4-1-5(3-13)12-8(14)6(4)7(10)11/h1,7,13H,2-3H2,(H,12,14). The molecule has 1 heterocycles. The first-order valence-corrected chi connectivity index (χ1v) is 4.33. The minimum atomic E-state index is -2.86. The molecule has 2 N–H and O–H groups in total. The molecule has 0 saturated heterocycles. The second-order valence-corrected chi connectivity index (χ2v) is 2.92. The minimum absolute atomic E-state index is 0.0504. The molecular formula is C8H8ClF2NO2. The summed E-state index contributed by atoms with van der Waals surface area (Å²) >= 11 is 5.41. The summed E-state index contributed by atoms with van der Waals surface area (Å²) in [5.41, 5.74) is -1.30. The Hall–Kier alpha value is -0.940. The topological polar surface area (TPSA) is 53.1 Å². The maximum atomic E-state index is 12.4. The van der Waals surface area contributed by atoms with Crippen LogP contribution in [0.15, 0.2) is 10.9 Å². The van der Waals surface area contributed by atoms with E-state index >= 15 is 0 Å². The first-order chi connectivity index (χ1) is 6.60. The Kier molecular flexibility index (Phi) is 3.60. The Morgan fingerprint density at radius 2 is 2.21 bits per heavy atom. The van der Waals surface area contributed by atoms with E-state index in [0.29, 0.717) is 0 Å². The van der Waals surface area contributed by atoms with Crippen molar-refractivity contribution in [2.45, 2.75) is 18.9 Å². The van der Waals surface area contributed by atoms with Crippen molar-refractivity contribution >= 4 is 11.6 Å². The first-order valence-electron chi connectivity index (χ1n) is 3.80. The largest absolute Gasteiger partial charge is 0.390 e. The van der Waals surface area contributed by atoms with Crippen LogP contribution in [0.4, 0.5) is 8.78 Å². The van der Waals surface area contributed by atoms with E-state index in [1.165, 1.54) is 6.07 Å². The van der Waals surface area contributed by atoms with Crippen molar-refractivity contribution in [3.05, 3.63) is 33.2 Å². The van der Waals surface area contributed by atoms with Crippen LogP contribution in [0.5, 0.6) is 0 Å². The van der Waals surface area contributed by atoms with Crippen LogP contribution in [0.3, 0.4) is 0 Å². The van der Waals surface area contributed by atoms with E-state index in [9.17, 15) is 13.6 Å². The molecule has 1 aromatic rings. The SMILES string of the molecule is O=c1[nH]c(CO)cc(CCl)c1C(F)F. The summed E-state index contributed by atoms with van der Waals surface area (Å²) in [6, 6.07) is 1.26. The number of H-pyrrole nitrogens is 1. The highest BCUT2D eigenvalue weighted by Crippen LogP contribution is 2.20. The average molecular weight is 224 g/mol. The Morgan fingerprint density at radius 1 is 1.57 bits per heavy atom. The fourth-order valence-electron chi connectivity index (χ4n) is 1.12. The van der Waals surface area contributed by atoms with Crippen LogP contribution in [-0.4, -0.2) is 10.1 Å². The summed E-state index contributed by atoms with van der Waals surface area (Å²) < 4.78 is 24.7. The first kappa shape index (κ1) is 11.1. The highest BCUT2D eigenvalue weighted by molar-refractivity contribution is 6.17. The molecular weight excluding hydrogens is 216 g/mol. The van der Waals surface area contributed by atoms with Crippen LogP contribution in [-0.2, 0) is 12.5 Å². The molecule has 3 nitrogen and oxygen atoms in total. The second kappa shape index (κ2) is 4.52. The molecule has 0 unspecified atom stereocenters. The van der Waals surface area contributed by atoms with Gasteiger partial charge < -0.3 is 10.1 Å². The maximum Gasteiger partial charge on any atom is 0.269 e. The predicted molar refractivity (Wildman–Crippen MR) is 47.5 cm³/mol. The van der Waals surface area contributed by atoms with Gasteiger partial charge in [0.2, 0.25) is 0 Å². The number of aromatic amines is 1. The number of aliphatic hydroxyl groups is 1. The second-order valence-electron chi connectivity index (χ2n) is 2.66. The lowest BCUT2D eigenvalue weighted by atomic mass is 10.1. The lowest BCUT2D eigenvalue weighted by Gasteiger charge is -2.06.